The summed E-state index contributed by atoms with van der Waals surface area (Å²) in [6.07, 6.45) is 1.34. The van der Waals surface area contributed by atoms with Gasteiger partial charge < -0.3 is 29.6 Å². The van der Waals surface area contributed by atoms with Crippen LogP contribution in [-0.2, 0) is 29.1 Å². The molecule has 0 bridgehead atoms. The maximum Gasteiger partial charge on any atom is 0.262 e. The van der Waals surface area contributed by atoms with Crippen molar-refractivity contribution in [1.29, 1.82) is 0 Å². The molecule has 3 heterocycles. The van der Waals surface area contributed by atoms with Gasteiger partial charge in [-0.25, -0.2) is 4.98 Å². The second kappa shape index (κ2) is 13.1. The third kappa shape index (κ3) is 6.86. The number of thioether (sulfide) groups is 1. The predicted molar refractivity (Wildman–Crippen MR) is 160 cm³/mol. The molecule has 0 unspecified atom stereocenters. The monoisotopic (exact) mass is 602 g/mol. The fourth-order valence-electron chi connectivity index (χ4n) is 4.81. The lowest BCUT2D eigenvalue weighted by molar-refractivity contribution is -0.121. The average Bonchev–Trinajstić information content (AvgIpc) is 3.69. The molecule has 12 heteroatoms. The minimum atomic E-state index is -0.268. The van der Waals surface area contributed by atoms with E-state index in [1.54, 1.807) is 12.1 Å². The number of aromatic nitrogens is 2. The van der Waals surface area contributed by atoms with Crippen molar-refractivity contribution >= 4 is 34.5 Å². The van der Waals surface area contributed by atoms with Crippen LogP contribution in [0.3, 0.4) is 0 Å². The van der Waals surface area contributed by atoms with Gasteiger partial charge >= 0.3 is 0 Å². The lowest BCUT2D eigenvalue weighted by atomic mass is 10.1. The van der Waals surface area contributed by atoms with E-state index in [1.165, 1.54) is 16.3 Å². The zero-order valence-electron chi connectivity index (χ0n) is 23.3. The van der Waals surface area contributed by atoms with Crippen molar-refractivity contribution in [1.82, 2.24) is 20.2 Å². The molecule has 0 saturated heterocycles. The Labute approximate surface area is 251 Å². The molecule has 222 valence electrons. The molecule has 0 spiro atoms. The van der Waals surface area contributed by atoms with Crippen molar-refractivity contribution < 1.29 is 28.5 Å². The first kappa shape index (κ1) is 28.4. The van der Waals surface area contributed by atoms with E-state index < -0.39 is 0 Å². The summed E-state index contributed by atoms with van der Waals surface area (Å²) in [6, 6.07) is 18.8. The van der Waals surface area contributed by atoms with Crippen LogP contribution in [0.2, 0.25) is 0 Å². The highest BCUT2D eigenvalue weighted by molar-refractivity contribution is 7.99. The molecule has 3 aromatic carbocycles. The lowest BCUT2D eigenvalue weighted by Crippen LogP contribution is -2.29. The highest BCUT2D eigenvalue weighted by Crippen LogP contribution is 2.35. The van der Waals surface area contributed by atoms with E-state index in [9.17, 15) is 14.4 Å². The Kier molecular flexibility index (Phi) is 8.64. The Bertz CT molecular complexity index is 1710. The standard InChI is InChI=1S/C31H30N4O7S/c36-28(33-16-21-8-9-24-25(13-21)40-18-39-24)7-4-12-35-30(38)22-14-26-27(42-19-41-26)15-23(22)34-31(35)43-17-29(37)32-11-10-20-5-2-1-3-6-20/h1-3,5-6,8-9,13-15H,4,7,10-12,16-19H2,(H,32,37)(H,33,36). The molecule has 6 rings (SSSR count). The van der Waals surface area contributed by atoms with E-state index >= 15 is 0 Å². The molecular weight excluding hydrogens is 572 g/mol. The second-order valence-electron chi connectivity index (χ2n) is 10.0. The van der Waals surface area contributed by atoms with Crippen LogP contribution in [0.1, 0.15) is 24.0 Å². The Balaban J connectivity index is 1.09. The largest absolute Gasteiger partial charge is 0.454 e. The fourth-order valence-corrected chi connectivity index (χ4v) is 5.66. The molecule has 1 aromatic heterocycles. The molecule has 0 radical (unpaired) electrons. The van der Waals surface area contributed by atoms with Crippen molar-refractivity contribution in [2.45, 2.75) is 37.5 Å². The number of hydrogen-bond acceptors (Lipinski definition) is 9. The summed E-state index contributed by atoms with van der Waals surface area (Å²) in [5.41, 5.74) is 2.22. The minimum absolute atomic E-state index is 0.0754. The highest BCUT2D eigenvalue weighted by Gasteiger charge is 2.20. The van der Waals surface area contributed by atoms with Crippen LogP contribution in [0.4, 0.5) is 0 Å². The first-order valence-electron chi connectivity index (χ1n) is 14.0. The Hall–Kier alpha value is -4.71. The number of benzene rings is 3. The van der Waals surface area contributed by atoms with Gasteiger partial charge in [-0.2, -0.15) is 0 Å². The predicted octanol–water partition coefficient (Wildman–Crippen LogP) is 3.40. The Morgan fingerprint density at radius 3 is 2.40 bits per heavy atom. The summed E-state index contributed by atoms with van der Waals surface area (Å²) < 4.78 is 23.2. The van der Waals surface area contributed by atoms with Crippen LogP contribution in [0, 0.1) is 0 Å². The fraction of sp³-hybridized carbons (Fsp3) is 0.290. The Morgan fingerprint density at radius 1 is 0.837 bits per heavy atom. The summed E-state index contributed by atoms with van der Waals surface area (Å²) >= 11 is 1.18. The van der Waals surface area contributed by atoms with Gasteiger partial charge in [0, 0.05) is 32.1 Å². The van der Waals surface area contributed by atoms with Gasteiger partial charge in [-0.05, 0) is 42.2 Å². The number of nitrogens with one attached hydrogen (secondary N) is 2. The molecule has 2 amide bonds. The molecule has 11 nitrogen and oxygen atoms in total. The normalized spacial score (nSPS) is 12.8. The van der Waals surface area contributed by atoms with Crippen LogP contribution in [0.15, 0.2) is 70.6 Å². The molecule has 2 aliphatic heterocycles. The zero-order chi connectivity index (χ0) is 29.6. The summed E-state index contributed by atoms with van der Waals surface area (Å²) in [4.78, 5) is 43.5. The van der Waals surface area contributed by atoms with Crippen LogP contribution in [0.25, 0.3) is 10.9 Å². The van der Waals surface area contributed by atoms with E-state index in [0.29, 0.717) is 58.6 Å². The van der Waals surface area contributed by atoms with Gasteiger partial charge in [0.25, 0.3) is 5.56 Å². The minimum Gasteiger partial charge on any atom is -0.454 e. The first-order valence-corrected chi connectivity index (χ1v) is 14.9. The zero-order valence-corrected chi connectivity index (χ0v) is 24.1. The van der Waals surface area contributed by atoms with Gasteiger partial charge in [0.1, 0.15) is 0 Å². The van der Waals surface area contributed by atoms with Crippen molar-refractivity contribution in [3.05, 3.63) is 82.1 Å². The second-order valence-corrected chi connectivity index (χ2v) is 11.0. The van der Waals surface area contributed by atoms with Crippen molar-refractivity contribution in [2.75, 3.05) is 25.9 Å². The van der Waals surface area contributed by atoms with Crippen molar-refractivity contribution in [3.8, 4) is 23.0 Å². The molecular formula is C31H30N4O7S. The maximum atomic E-state index is 13.6. The first-order chi connectivity index (χ1) is 21.0. The smallest absolute Gasteiger partial charge is 0.262 e. The van der Waals surface area contributed by atoms with E-state index in [2.05, 4.69) is 10.6 Å². The van der Waals surface area contributed by atoms with Crippen molar-refractivity contribution in [2.24, 2.45) is 0 Å². The summed E-state index contributed by atoms with van der Waals surface area (Å²) in [7, 11) is 0. The van der Waals surface area contributed by atoms with Crippen LogP contribution in [-0.4, -0.2) is 47.2 Å². The van der Waals surface area contributed by atoms with E-state index in [-0.39, 0.29) is 49.7 Å². The number of hydrogen-bond donors (Lipinski definition) is 2. The summed E-state index contributed by atoms with van der Waals surface area (Å²) in [6.45, 7) is 1.38. The summed E-state index contributed by atoms with van der Waals surface area (Å²) in [5.74, 6) is 2.14. The molecule has 0 saturated carbocycles. The molecule has 2 aliphatic rings. The topological polar surface area (TPSA) is 130 Å². The third-order valence-corrected chi connectivity index (χ3v) is 8.01. The molecule has 0 aliphatic carbocycles. The number of carbonyl (C=O) groups is 2. The molecule has 0 fully saturated rings. The van der Waals surface area contributed by atoms with Crippen molar-refractivity contribution in [3.63, 3.8) is 0 Å². The quantitative estimate of drug-likeness (QED) is 0.185. The molecule has 43 heavy (non-hydrogen) atoms. The highest BCUT2D eigenvalue weighted by atomic mass is 32.2. The molecule has 0 atom stereocenters. The lowest BCUT2D eigenvalue weighted by Gasteiger charge is -2.14. The van der Waals surface area contributed by atoms with Gasteiger partial charge in [0.2, 0.25) is 25.4 Å². The van der Waals surface area contributed by atoms with Gasteiger partial charge in [-0.1, -0.05) is 48.2 Å². The van der Waals surface area contributed by atoms with Gasteiger partial charge in [0.05, 0.1) is 16.7 Å². The van der Waals surface area contributed by atoms with E-state index in [0.717, 1.165) is 17.5 Å². The number of carbonyl (C=O) groups excluding carboxylic acids is 2. The maximum absolute atomic E-state index is 13.6. The SMILES string of the molecule is O=C(CCCn1c(SCC(=O)NCCc2ccccc2)nc2cc3c(cc2c1=O)OCO3)NCc1ccc2c(c1)OCO2. The number of fused-ring (bicyclic) bond motifs is 3. The molecule has 2 N–H and O–H groups in total. The van der Waals surface area contributed by atoms with Gasteiger partial charge in [-0.15, -0.1) is 0 Å². The van der Waals surface area contributed by atoms with E-state index in [1.807, 2.05) is 48.5 Å². The summed E-state index contributed by atoms with van der Waals surface area (Å²) in [5, 5.41) is 6.62. The number of ether oxygens (including phenoxy) is 4. The average molecular weight is 603 g/mol. The van der Waals surface area contributed by atoms with Gasteiger partial charge in [0.15, 0.2) is 28.2 Å². The van der Waals surface area contributed by atoms with Crippen LogP contribution < -0.4 is 35.1 Å². The van der Waals surface area contributed by atoms with Crippen LogP contribution in [0.5, 0.6) is 23.0 Å². The van der Waals surface area contributed by atoms with E-state index in [4.69, 9.17) is 23.9 Å². The van der Waals surface area contributed by atoms with Crippen LogP contribution >= 0.6 is 11.8 Å². The third-order valence-electron chi connectivity index (χ3n) is 7.04. The number of amides is 2. The number of rotatable bonds is 12. The molecule has 4 aromatic rings. The number of nitrogens with zero attached hydrogens (tertiary/aromatic N) is 2. The Morgan fingerprint density at radius 2 is 1.58 bits per heavy atom. The van der Waals surface area contributed by atoms with Gasteiger partial charge in [-0.3, -0.25) is 19.0 Å².